The van der Waals surface area contributed by atoms with Gasteiger partial charge in [0.05, 0.1) is 0 Å². The number of rotatable bonds is 1. The molecule has 0 aromatic heterocycles. The van der Waals surface area contributed by atoms with Gasteiger partial charge in [0, 0.05) is 0 Å². The van der Waals surface area contributed by atoms with E-state index in [4.69, 9.17) is 0 Å². The molecule has 8 heavy (non-hydrogen) atoms. The number of hydrogen-bond acceptors (Lipinski definition) is 0. The molecule has 0 heterocycles. The van der Waals surface area contributed by atoms with Crippen LogP contribution in [-0.4, -0.2) is 0 Å². The van der Waals surface area contributed by atoms with Gasteiger partial charge in [-0.25, -0.2) is 0 Å². The van der Waals surface area contributed by atoms with Gasteiger partial charge in [-0.2, -0.15) is 0 Å². The van der Waals surface area contributed by atoms with Gasteiger partial charge in [-0.1, -0.05) is 26.0 Å². The monoisotopic (exact) mass is 110 g/mol. The lowest BCUT2D eigenvalue weighted by Gasteiger charge is -1.77. The van der Waals surface area contributed by atoms with Gasteiger partial charge in [0.2, 0.25) is 0 Å². The Morgan fingerprint density at radius 1 is 1.12 bits per heavy atom. The molecule has 0 spiro atoms. The Bertz CT molecular complexity index is 94.6. The second kappa shape index (κ2) is 1.93. The van der Waals surface area contributed by atoms with Crippen LogP contribution < -0.4 is 0 Å². The van der Waals surface area contributed by atoms with Crippen LogP contribution in [0.3, 0.4) is 0 Å². The highest BCUT2D eigenvalue weighted by molar-refractivity contribution is 5.03. The van der Waals surface area contributed by atoms with Crippen molar-refractivity contribution in [1.29, 1.82) is 0 Å². The summed E-state index contributed by atoms with van der Waals surface area (Å²) in [5, 5.41) is 0. The molecular weight excluding hydrogens is 96.1 g/mol. The lowest BCUT2D eigenvalue weighted by atomic mass is 10.3. The highest BCUT2D eigenvalue weighted by Crippen LogP contribution is 2.46. The first-order chi connectivity index (χ1) is 3.77. The molecular formula is C8H14. The fraction of sp³-hybridized carbons (Fsp3) is 0.750. The first-order valence-electron chi connectivity index (χ1n) is 3.40. The Balaban J connectivity index is 2.33. The van der Waals surface area contributed by atoms with Gasteiger partial charge < -0.3 is 0 Å². The molecule has 46 valence electrons. The van der Waals surface area contributed by atoms with E-state index in [1.165, 1.54) is 0 Å². The summed E-state index contributed by atoms with van der Waals surface area (Å²) in [6, 6.07) is 0. The Kier molecular flexibility index (Phi) is 1.41. The molecule has 0 saturated heterocycles. The number of allylic oxidation sites excluding steroid dienone is 2. The summed E-state index contributed by atoms with van der Waals surface area (Å²) in [4.78, 5) is 0. The predicted molar refractivity (Wildman–Crippen MR) is 36.6 cm³/mol. The van der Waals surface area contributed by atoms with Crippen LogP contribution in [0.15, 0.2) is 12.2 Å². The first kappa shape index (κ1) is 5.87. The lowest BCUT2D eigenvalue weighted by molar-refractivity contribution is 0.834. The Morgan fingerprint density at radius 2 is 1.62 bits per heavy atom. The van der Waals surface area contributed by atoms with E-state index >= 15 is 0 Å². The van der Waals surface area contributed by atoms with Crippen molar-refractivity contribution in [3.63, 3.8) is 0 Å². The molecule has 0 radical (unpaired) electrons. The molecule has 0 aromatic carbocycles. The summed E-state index contributed by atoms with van der Waals surface area (Å²) in [5.74, 6) is 2.80. The maximum Gasteiger partial charge on any atom is -0.0177 e. The van der Waals surface area contributed by atoms with Crippen molar-refractivity contribution in [2.45, 2.75) is 20.8 Å². The molecule has 0 N–H and O–H groups in total. The van der Waals surface area contributed by atoms with Gasteiger partial charge >= 0.3 is 0 Å². The van der Waals surface area contributed by atoms with Crippen molar-refractivity contribution in [3.05, 3.63) is 12.2 Å². The standard InChI is InChI=1S/C8H14/c1-4-5-8-6(2)7(8)3/h4-8H,1-3H3/b5-4-. The first-order valence-corrected chi connectivity index (χ1v) is 3.40. The van der Waals surface area contributed by atoms with E-state index in [0.717, 1.165) is 17.8 Å². The third-order valence-electron chi connectivity index (χ3n) is 2.32. The van der Waals surface area contributed by atoms with Crippen LogP contribution in [0, 0.1) is 17.8 Å². The molecule has 0 aliphatic heterocycles. The van der Waals surface area contributed by atoms with E-state index in [1.807, 2.05) is 0 Å². The van der Waals surface area contributed by atoms with E-state index in [2.05, 4.69) is 32.9 Å². The van der Waals surface area contributed by atoms with Crippen molar-refractivity contribution in [3.8, 4) is 0 Å². The molecule has 0 aromatic rings. The van der Waals surface area contributed by atoms with E-state index in [0.29, 0.717) is 0 Å². The summed E-state index contributed by atoms with van der Waals surface area (Å²) < 4.78 is 0. The minimum absolute atomic E-state index is 0.903. The van der Waals surface area contributed by atoms with E-state index in [-0.39, 0.29) is 0 Å². The summed E-state index contributed by atoms with van der Waals surface area (Å²) in [7, 11) is 0. The predicted octanol–water partition coefficient (Wildman–Crippen LogP) is 2.46. The van der Waals surface area contributed by atoms with Crippen LogP contribution in [0.2, 0.25) is 0 Å². The molecule has 1 aliphatic rings. The Labute approximate surface area is 51.6 Å². The number of hydrogen-bond donors (Lipinski definition) is 0. The molecule has 1 fully saturated rings. The van der Waals surface area contributed by atoms with Crippen LogP contribution >= 0.6 is 0 Å². The van der Waals surface area contributed by atoms with Gasteiger partial charge in [0.15, 0.2) is 0 Å². The minimum atomic E-state index is 0.903. The third-order valence-corrected chi connectivity index (χ3v) is 2.32. The van der Waals surface area contributed by atoms with Gasteiger partial charge in [-0.05, 0) is 24.7 Å². The highest BCUT2D eigenvalue weighted by atomic mass is 14.4. The third kappa shape index (κ3) is 0.795. The lowest BCUT2D eigenvalue weighted by Crippen LogP contribution is -1.66. The Morgan fingerprint density at radius 3 is 1.75 bits per heavy atom. The van der Waals surface area contributed by atoms with Gasteiger partial charge in [-0.15, -0.1) is 0 Å². The van der Waals surface area contributed by atoms with E-state index in [9.17, 15) is 0 Å². The van der Waals surface area contributed by atoms with Crippen molar-refractivity contribution in [2.75, 3.05) is 0 Å². The van der Waals surface area contributed by atoms with Gasteiger partial charge in [0.25, 0.3) is 0 Å². The zero-order valence-corrected chi connectivity index (χ0v) is 5.89. The SMILES string of the molecule is C/C=C\C1C(C)C1C. The molecule has 0 nitrogen and oxygen atoms in total. The summed E-state index contributed by atoms with van der Waals surface area (Å²) >= 11 is 0. The average molecular weight is 110 g/mol. The summed E-state index contributed by atoms with van der Waals surface area (Å²) in [6.07, 6.45) is 4.47. The van der Waals surface area contributed by atoms with E-state index < -0.39 is 0 Å². The van der Waals surface area contributed by atoms with Crippen LogP contribution in [0.25, 0.3) is 0 Å². The van der Waals surface area contributed by atoms with Gasteiger partial charge in [-0.3, -0.25) is 0 Å². The molecule has 2 unspecified atom stereocenters. The molecule has 2 atom stereocenters. The Hall–Kier alpha value is -0.260. The molecule has 0 amide bonds. The fourth-order valence-electron chi connectivity index (χ4n) is 1.27. The zero-order valence-electron chi connectivity index (χ0n) is 5.89. The average Bonchev–Trinajstić information content (AvgIpc) is 2.25. The van der Waals surface area contributed by atoms with Crippen LogP contribution in [0.1, 0.15) is 20.8 Å². The second-order valence-electron chi connectivity index (χ2n) is 2.82. The summed E-state index contributed by atoms with van der Waals surface area (Å²) in [5.41, 5.74) is 0. The van der Waals surface area contributed by atoms with Gasteiger partial charge in [0.1, 0.15) is 0 Å². The van der Waals surface area contributed by atoms with Crippen molar-refractivity contribution >= 4 is 0 Å². The van der Waals surface area contributed by atoms with Crippen molar-refractivity contribution in [2.24, 2.45) is 17.8 Å². The molecule has 0 bridgehead atoms. The zero-order chi connectivity index (χ0) is 6.15. The smallest absolute Gasteiger partial charge is 0.0177 e. The summed E-state index contributed by atoms with van der Waals surface area (Å²) in [6.45, 7) is 6.72. The fourth-order valence-corrected chi connectivity index (χ4v) is 1.27. The molecule has 1 rings (SSSR count). The van der Waals surface area contributed by atoms with Crippen LogP contribution in [0.5, 0.6) is 0 Å². The molecule has 1 aliphatic carbocycles. The maximum absolute atomic E-state index is 2.31. The second-order valence-corrected chi connectivity index (χ2v) is 2.82. The van der Waals surface area contributed by atoms with Crippen LogP contribution in [-0.2, 0) is 0 Å². The van der Waals surface area contributed by atoms with Crippen molar-refractivity contribution in [1.82, 2.24) is 0 Å². The maximum atomic E-state index is 2.31. The highest BCUT2D eigenvalue weighted by Gasteiger charge is 2.39. The topological polar surface area (TPSA) is 0 Å². The minimum Gasteiger partial charge on any atom is -0.0914 e. The normalized spacial score (nSPS) is 45.6. The molecule has 1 saturated carbocycles. The van der Waals surface area contributed by atoms with E-state index in [1.54, 1.807) is 0 Å². The molecule has 0 heteroatoms. The largest absolute Gasteiger partial charge is 0.0914 e. The quantitative estimate of drug-likeness (QED) is 0.455. The van der Waals surface area contributed by atoms with Crippen molar-refractivity contribution < 1.29 is 0 Å². The van der Waals surface area contributed by atoms with Crippen LogP contribution in [0.4, 0.5) is 0 Å².